The topological polar surface area (TPSA) is 18.5 Å². The van der Waals surface area contributed by atoms with E-state index in [4.69, 9.17) is 9.47 Å². The van der Waals surface area contributed by atoms with Crippen LogP contribution in [0, 0.1) is 0 Å². The molecule has 0 fully saturated rings. The fourth-order valence-electron chi connectivity index (χ4n) is 4.09. The number of methoxy groups -OCH3 is 2. The molecule has 0 atom stereocenters. The predicted molar refractivity (Wildman–Crippen MR) is 105 cm³/mol. The van der Waals surface area contributed by atoms with Crippen LogP contribution in [0.15, 0.2) is 36.4 Å². The molecule has 25 heavy (non-hydrogen) atoms. The summed E-state index contributed by atoms with van der Waals surface area (Å²) < 4.78 is 11.4. The summed E-state index contributed by atoms with van der Waals surface area (Å²) in [5.41, 5.74) is 7.84. The van der Waals surface area contributed by atoms with Gasteiger partial charge in [-0.25, -0.2) is 0 Å². The summed E-state index contributed by atoms with van der Waals surface area (Å²) >= 11 is 0. The summed E-state index contributed by atoms with van der Waals surface area (Å²) in [7, 11) is 3.57. The standard InChI is InChI=1S/C23H30O2/c1-15(2)17-7-9-19-20-10-8-18(16(3)4)12-22(20)23(13-24-5,14-25-6)21(19)11-17/h7-12,15-16H,13-14H2,1-6H3. The molecule has 0 saturated carbocycles. The highest BCUT2D eigenvalue weighted by Gasteiger charge is 2.44. The third-order valence-corrected chi connectivity index (χ3v) is 5.52. The number of fused-ring (bicyclic) bond motifs is 3. The van der Waals surface area contributed by atoms with Gasteiger partial charge < -0.3 is 9.47 Å². The fourth-order valence-corrected chi connectivity index (χ4v) is 4.09. The second kappa shape index (κ2) is 6.93. The highest BCUT2D eigenvalue weighted by Crippen LogP contribution is 2.50. The Morgan fingerprint density at radius 3 is 1.44 bits per heavy atom. The number of benzene rings is 2. The summed E-state index contributed by atoms with van der Waals surface area (Å²) in [5, 5.41) is 0. The normalized spacial score (nSPS) is 14.9. The Labute approximate surface area is 152 Å². The minimum Gasteiger partial charge on any atom is -0.383 e. The smallest absolute Gasteiger partial charge is 0.0681 e. The average molecular weight is 338 g/mol. The molecule has 0 amide bonds. The van der Waals surface area contributed by atoms with Crippen molar-refractivity contribution in [2.24, 2.45) is 0 Å². The van der Waals surface area contributed by atoms with Gasteiger partial charge in [0.1, 0.15) is 0 Å². The second-order valence-corrected chi connectivity index (χ2v) is 7.87. The molecule has 0 spiro atoms. The van der Waals surface area contributed by atoms with Gasteiger partial charge in [0.25, 0.3) is 0 Å². The van der Waals surface area contributed by atoms with Crippen molar-refractivity contribution in [1.29, 1.82) is 0 Å². The summed E-state index contributed by atoms with van der Waals surface area (Å²) in [4.78, 5) is 0. The minimum absolute atomic E-state index is 0.232. The molecule has 0 saturated heterocycles. The lowest BCUT2D eigenvalue weighted by atomic mass is 9.78. The van der Waals surface area contributed by atoms with Gasteiger partial charge in [0.05, 0.1) is 18.6 Å². The van der Waals surface area contributed by atoms with E-state index in [1.165, 1.54) is 33.4 Å². The van der Waals surface area contributed by atoms with Crippen LogP contribution in [0.4, 0.5) is 0 Å². The van der Waals surface area contributed by atoms with Crippen LogP contribution >= 0.6 is 0 Å². The molecule has 0 aliphatic heterocycles. The van der Waals surface area contributed by atoms with Crippen LogP contribution in [-0.2, 0) is 14.9 Å². The molecule has 2 nitrogen and oxygen atoms in total. The van der Waals surface area contributed by atoms with Crippen molar-refractivity contribution in [3.63, 3.8) is 0 Å². The highest BCUT2D eigenvalue weighted by atomic mass is 16.5. The Morgan fingerprint density at radius 2 is 1.12 bits per heavy atom. The molecule has 0 radical (unpaired) electrons. The van der Waals surface area contributed by atoms with Gasteiger partial charge in [-0.3, -0.25) is 0 Å². The van der Waals surface area contributed by atoms with Crippen LogP contribution in [0.5, 0.6) is 0 Å². The SMILES string of the molecule is COCC1(COC)c2cc(C(C)C)ccc2-c2ccc(C(C)C)cc21. The molecule has 0 unspecified atom stereocenters. The maximum absolute atomic E-state index is 5.72. The lowest BCUT2D eigenvalue weighted by Crippen LogP contribution is -2.36. The first kappa shape index (κ1) is 18.2. The van der Waals surface area contributed by atoms with E-state index in [1.54, 1.807) is 14.2 Å². The quantitative estimate of drug-likeness (QED) is 0.693. The summed E-state index contributed by atoms with van der Waals surface area (Å²) in [6.07, 6.45) is 0. The molecular formula is C23H30O2. The van der Waals surface area contributed by atoms with Crippen LogP contribution in [0.2, 0.25) is 0 Å². The van der Waals surface area contributed by atoms with Crippen molar-refractivity contribution >= 4 is 0 Å². The number of ether oxygens (including phenoxy) is 2. The van der Waals surface area contributed by atoms with Crippen LogP contribution in [0.1, 0.15) is 61.8 Å². The van der Waals surface area contributed by atoms with E-state index in [-0.39, 0.29) is 5.41 Å². The molecule has 2 aromatic carbocycles. The van der Waals surface area contributed by atoms with E-state index in [0.29, 0.717) is 25.0 Å². The monoisotopic (exact) mass is 338 g/mol. The zero-order chi connectivity index (χ0) is 18.2. The fraction of sp³-hybridized carbons (Fsp3) is 0.478. The van der Waals surface area contributed by atoms with Gasteiger partial charge in [-0.1, -0.05) is 64.1 Å². The average Bonchev–Trinajstić information content (AvgIpc) is 2.85. The van der Waals surface area contributed by atoms with Crippen molar-refractivity contribution in [2.75, 3.05) is 27.4 Å². The molecule has 2 aromatic rings. The first-order valence-electron chi connectivity index (χ1n) is 9.21. The zero-order valence-electron chi connectivity index (χ0n) is 16.3. The van der Waals surface area contributed by atoms with Gasteiger partial charge in [-0.2, -0.15) is 0 Å². The van der Waals surface area contributed by atoms with Gasteiger partial charge in [0.15, 0.2) is 0 Å². The third-order valence-electron chi connectivity index (χ3n) is 5.52. The molecule has 1 aliphatic carbocycles. The Morgan fingerprint density at radius 1 is 0.720 bits per heavy atom. The van der Waals surface area contributed by atoms with Gasteiger partial charge >= 0.3 is 0 Å². The Hall–Kier alpha value is -1.64. The zero-order valence-corrected chi connectivity index (χ0v) is 16.3. The lowest BCUT2D eigenvalue weighted by molar-refractivity contribution is 0.0814. The summed E-state index contributed by atoms with van der Waals surface area (Å²) in [5.74, 6) is 1.01. The van der Waals surface area contributed by atoms with Crippen molar-refractivity contribution in [3.8, 4) is 11.1 Å². The van der Waals surface area contributed by atoms with Crippen LogP contribution in [0.25, 0.3) is 11.1 Å². The van der Waals surface area contributed by atoms with Crippen molar-refractivity contribution in [1.82, 2.24) is 0 Å². The summed E-state index contributed by atoms with van der Waals surface area (Å²) in [6.45, 7) is 10.2. The maximum Gasteiger partial charge on any atom is 0.0681 e. The van der Waals surface area contributed by atoms with Crippen LogP contribution in [-0.4, -0.2) is 27.4 Å². The molecule has 0 N–H and O–H groups in total. The van der Waals surface area contributed by atoms with Crippen LogP contribution in [0.3, 0.4) is 0 Å². The van der Waals surface area contributed by atoms with Crippen molar-refractivity contribution in [2.45, 2.75) is 44.9 Å². The van der Waals surface area contributed by atoms with Crippen molar-refractivity contribution < 1.29 is 9.47 Å². The van der Waals surface area contributed by atoms with Crippen LogP contribution < -0.4 is 0 Å². The number of hydrogen-bond donors (Lipinski definition) is 0. The van der Waals surface area contributed by atoms with E-state index >= 15 is 0 Å². The van der Waals surface area contributed by atoms with E-state index in [0.717, 1.165) is 0 Å². The molecule has 1 aliphatic rings. The van der Waals surface area contributed by atoms with Crippen molar-refractivity contribution in [3.05, 3.63) is 58.7 Å². The molecule has 3 rings (SSSR count). The number of rotatable bonds is 6. The van der Waals surface area contributed by atoms with Gasteiger partial charge in [-0.05, 0) is 45.2 Å². The Kier molecular flexibility index (Phi) is 5.04. The summed E-state index contributed by atoms with van der Waals surface area (Å²) in [6, 6.07) is 13.8. The maximum atomic E-state index is 5.72. The number of hydrogen-bond acceptors (Lipinski definition) is 2. The van der Waals surface area contributed by atoms with Gasteiger partial charge in [-0.15, -0.1) is 0 Å². The first-order valence-corrected chi connectivity index (χ1v) is 9.21. The van der Waals surface area contributed by atoms with E-state index < -0.39 is 0 Å². The molecule has 2 heteroatoms. The molecular weight excluding hydrogens is 308 g/mol. The largest absolute Gasteiger partial charge is 0.383 e. The minimum atomic E-state index is -0.232. The second-order valence-electron chi connectivity index (χ2n) is 7.87. The van der Waals surface area contributed by atoms with E-state index in [9.17, 15) is 0 Å². The molecule has 0 aromatic heterocycles. The highest BCUT2D eigenvalue weighted by molar-refractivity contribution is 5.82. The molecule has 0 bridgehead atoms. The first-order chi connectivity index (χ1) is 11.9. The van der Waals surface area contributed by atoms with Gasteiger partial charge in [0, 0.05) is 14.2 Å². The molecule has 0 heterocycles. The third kappa shape index (κ3) is 2.92. The van der Waals surface area contributed by atoms with Gasteiger partial charge in [0.2, 0.25) is 0 Å². The molecule has 134 valence electrons. The van der Waals surface area contributed by atoms with E-state index in [1.807, 2.05) is 0 Å². The predicted octanol–water partition coefficient (Wildman–Crippen LogP) is 5.49. The Bertz CT molecular complexity index is 693. The lowest BCUT2D eigenvalue weighted by Gasteiger charge is -2.31. The van der Waals surface area contributed by atoms with E-state index in [2.05, 4.69) is 64.1 Å². The Balaban J connectivity index is 2.28.